The molecule has 0 aromatic heterocycles. The number of nitrogens with zero attached hydrogens (tertiary/aromatic N) is 2. The number of esters is 1. The van der Waals surface area contributed by atoms with Crippen LogP contribution in [0.2, 0.25) is 0 Å². The van der Waals surface area contributed by atoms with E-state index >= 15 is 0 Å². The first-order chi connectivity index (χ1) is 14.3. The molecule has 0 saturated carbocycles. The van der Waals surface area contributed by atoms with Crippen LogP contribution in [0.25, 0.3) is 6.08 Å². The molecule has 2 aromatic rings. The smallest absolute Gasteiger partial charge is 0.363 e. The number of carbonyl (C=O) groups is 1. The van der Waals surface area contributed by atoms with Gasteiger partial charge in [0.1, 0.15) is 0 Å². The predicted molar refractivity (Wildman–Crippen MR) is 112 cm³/mol. The Kier molecular flexibility index (Phi) is 6.15. The first-order valence-corrected chi connectivity index (χ1v) is 9.37. The summed E-state index contributed by atoms with van der Waals surface area (Å²) in [5, 5.41) is 11.2. The lowest BCUT2D eigenvalue weighted by molar-refractivity contribution is -0.385. The number of aryl methyl sites for hydroxylation is 1. The van der Waals surface area contributed by atoms with Crippen LogP contribution in [0.1, 0.15) is 30.5 Å². The quantitative estimate of drug-likeness (QED) is 0.292. The topological polar surface area (TPSA) is 100 Å². The molecule has 0 spiro atoms. The summed E-state index contributed by atoms with van der Waals surface area (Å²) < 4.78 is 16.3. The van der Waals surface area contributed by atoms with Crippen molar-refractivity contribution < 1.29 is 23.9 Å². The molecule has 0 radical (unpaired) electrons. The van der Waals surface area contributed by atoms with Crippen molar-refractivity contribution in [2.24, 2.45) is 10.9 Å². The van der Waals surface area contributed by atoms with Crippen LogP contribution in [0.4, 0.5) is 5.69 Å². The second kappa shape index (κ2) is 8.77. The summed E-state index contributed by atoms with van der Waals surface area (Å²) in [6.07, 6.45) is 1.56. The van der Waals surface area contributed by atoms with Gasteiger partial charge in [-0.1, -0.05) is 26.0 Å². The maximum atomic E-state index is 12.3. The Balaban J connectivity index is 1.89. The zero-order chi connectivity index (χ0) is 21.8. The van der Waals surface area contributed by atoms with Gasteiger partial charge in [0.05, 0.1) is 18.6 Å². The van der Waals surface area contributed by atoms with Gasteiger partial charge in [-0.3, -0.25) is 10.1 Å². The monoisotopic (exact) mass is 410 g/mol. The molecular weight excluding hydrogens is 388 g/mol. The molecule has 0 atom stereocenters. The summed E-state index contributed by atoms with van der Waals surface area (Å²) in [6, 6.07) is 9.84. The number of hydrogen-bond acceptors (Lipinski definition) is 7. The number of cyclic esters (lactones) is 1. The number of nitro benzene ring substituents is 1. The lowest BCUT2D eigenvalue weighted by Gasteiger charge is -2.12. The SMILES string of the molecule is COc1cc(/C=C2\N=C(c3ccc(C)c([N+](=O)[O-])c3)OC2=O)ccc1OCC(C)C. The van der Waals surface area contributed by atoms with Gasteiger partial charge >= 0.3 is 5.97 Å². The van der Waals surface area contributed by atoms with Crippen molar-refractivity contribution in [1.82, 2.24) is 0 Å². The van der Waals surface area contributed by atoms with Gasteiger partial charge < -0.3 is 14.2 Å². The lowest BCUT2D eigenvalue weighted by atomic mass is 10.1. The molecule has 0 fully saturated rings. The van der Waals surface area contributed by atoms with Crippen LogP contribution in [-0.2, 0) is 9.53 Å². The van der Waals surface area contributed by atoms with Gasteiger partial charge in [0.15, 0.2) is 17.2 Å². The molecule has 8 nitrogen and oxygen atoms in total. The summed E-state index contributed by atoms with van der Waals surface area (Å²) >= 11 is 0. The highest BCUT2D eigenvalue weighted by Crippen LogP contribution is 2.30. The van der Waals surface area contributed by atoms with Crippen molar-refractivity contribution >= 4 is 23.6 Å². The van der Waals surface area contributed by atoms with Gasteiger partial charge in [-0.05, 0) is 42.7 Å². The van der Waals surface area contributed by atoms with E-state index in [2.05, 4.69) is 18.8 Å². The Morgan fingerprint density at radius 2 is 1.97 bits per heavy atom. The van der Waals surface area contributed by atoms with Gasteiger partial charge in [-0.25, -0.2) is 9.79 Å². The number of benzene rings is 2. The highest BCUT2D eigenvalue weighted by atomic mass is 16.6. The third-order valence-corrected chi connectivity index (χ3v) is 4.34. The van der Waals surface area contributed by atoms with Crippen LogP contribution in [0.3, 0.4) is 0 Å². The highest BCUT2D eigenvalue weighted by Gasteiger charge is 2.26. The second-order valence-electron chi connectivity index (χ2n) is 7.21. The molecule has 1 aliphatic rings. The summed E-state index contributed by atoms with van der Waals surface area (Å²) in [7, 11) is 1.54. The largest absolute Gasteiger partial charge is 0.493 e. The molecule has 0 N–H and O–H groups in total. The van der Waals surface area contributed by atoms with Crippen LogP contribution in [-0.4, -0.2) is 30.5 Å². The van der Waals surface area contributed by atoms with Gasteiger partial charge in [-0.2, -0.15) is 0 Å². The molecule has 0 saturated heterocycles. The fraction of sp³-hybridized carbons (Fsp3) is 0.273. The molecule has 1 heterocycles. The molecule has 0 amide bonds. The Bertz CT molecular complexity index is 1060. The molecule has 30 heavy (non-hydrogen) atoms. The maximum Gasteiger partial charge on any atom is 0.363 e. The number of hydrogen-bond donors (Lipinski definition) is 0. The van der Waals surface area contributed by atoms with Gasteiger partial charge in [-0.15, -0.1) is 0 Å². The van der Waals surface area contributed by atoms with Gasteiger partial charge in [0, 0.05) is 17.2 Å². The van der Waals surface area contributed by atoms with Crippen LogP contribution < -0.4 is 9.47 Å². The van der Waals surface area contributed by atoms with Crippen molar-refractivity contribution in [3.63, 3.8) is 0 Å². The Hall–Kier alpha value is -3.68. The standard InChI is InChI=1S/C22H22N2O6/c1-13(2)12-29-19-8-6-15(10-20(19)28-4)9-17-22(25)30-21(23-17)16-7-5-14(3)18(11-16)24(26)27/h5-11,13H,12H2,1-4H3/b17-9-. The van der Waals surface area contributed by atoms with E-state index < -0.39 is 10.9 Å². The predicted octanol–water partition coefficient (Wildman–Crippen LogP) is 4.29. The number of rotatable bonds is 7. The molecule has 1 aliphatic heterocycles. The molecule has 0 aliphatic carbocycles. The highest BCUT2D eigenvalue weighted by molar-refractivity contribution is 6.13. The third-order valence-electron chi connectivity index (χ3n) is 4.34. The van der Waals surface area contributed by atoms with E-state index in [1.54, 1.807) is 50.4 Å². The number of carbonyl (C=O) groups excluding carboxylic acids is 1. The number of ether oxygens (including phenoxy) is 3. The van der Waals surface area contributed by atoms with Crippen LogP contribution in [0.5, 0.6) is 11.5 Å². The van der Waals surface area contributed by atoms with E-state index in [4.69, 9.17) is 14.2 Å². The normalized spacial score (nSPS) is 14.6. The van der Waals surface area contributed by atoms with Crippen LogP contribution in [0, 0.1) is 23.0 Å². The van der Waals surface area contributed by atoms with Crippen molar-refractivity contribution in [1.29, 1.82) is 0 Å². The zero-order valence-electron chi connectivity index (χ0n) is 17.2. The van der Waals surface area contributed by atoms with Crippen LogP contribution in [0.15, 0.2) is 47.1 Å². The molecule has 3 rings (SSSR count). The Morgan fingerprint density at radius 3 is 2.63 bits per heavy atom. The van der Waals surface area contributed by atoms with E-state index in [1.807, 2.05) is 0 Å². The molecule has 2 aromatic carbocycles. The van der Waals surface area contributed by atoms with Gasteiger partial charge in [0.2, 0.25) is 5.90 Å². The number of methoxy groups -OCH3 is 1. The minimum atomic E-state index is -0.632. The molecule has 156 valence electrons. The summed E-state index contributed by atoms with van der Waals surface area (Å²) in [5.41, 5.74) is 1.57. The summed E-state index contributed by atoms with van der Waals surface area (Å²) in [6.45, 7) is 6.29. The molecular formula is C22H22N2O6. The molecule has 0 bridgehead atoms. The zero-order valence-corrected chi connectivity index (χ0v) is 17.2. The summed E-state index contributed by atoms with van der Waals surface area (Å²) in [5.74, 6) is 0.911. The van der Waals surface area contributed by atoms with Gasteiger partial charge in [0.25, 0.3) is 5.69 Å². The van der Waals surface area contributed by atoms with Crippen molar-refractivity contribution in [3.05, 3.63) is 68.9 Å². The Morgan fingerprint density at radius 1 is 1.20 bits per heavy atom. The van der Waals surface area contributed by atoms with E-state index in [1.165, 1.54) is 6.07 Å². The first kappa shape index (κ1) is 21.0. The van der Waals surface area contributed by atoms with E-state index in [0.29, 0.717) is 40.7 Å². The average molecular weight is 410 g/mol. The maximum absolute atomic E-state index is 12.3. The fourth-order valence-corrected chi connectivity index (χ4v) is 2.78. The van der Waals surface area contributed by atoms with Crippen molar-refractivity contribution in [3.8, 4) is 11.5 Å². The fourth-order valence-electron chi connectivity index (χ4n) is 2.78. The van der Waals surface area contributed by atoms with Crippen molar-refractivity contribution in [2.75, 3.05) is 13.7 Å². The number of aliphatic imine (C=N–C) groups is 1. The first-order valence-electron chi connectivity index (χ1n) is 9.37. The Labute approximate surface area is 173 Å². The van der Waals surface area contributed by atoms with Crippen LogP contribution >= 0.6 is 0 Å². The second-order valence-corrected chi connectivity index (χ2v) is 7.21. The number of nitro groups is 1. The molecule has 0 unspecified atom stereocenters. The minimum Gasteiger partial charge on any atom is -0.493 e. The van der Waals surface area contributed by atoms with E-state index in [9.17, 15) is 14.9 Å². The lowest BCUT2D eigenvalue weighted by Crippen LogP contribution is -2.06. The summed E-state index contributed by atoms with van der Waals surface area (Å²) in [4.78, 5) is 27.1. The average Bonchev–Trinajstić information content (AvgIpc) is 3.07. The van der Waals surface area contributed by atoms with E-state index in [0.717, 1.165) is 0 Å². The van der Waals surface area contributed by atoms with Crippen molar-refractivity contribution in [2.45, 2.75) is 20.8 Å². The minimum absolute atomic E-state index is 0.0261. The van der Waals surface area contributed by atoms with E-state index in [-0.39, 0.29) is 17.3 Å². The third kappa shape index (κ3) is 4.65. The molecule has 8 heteroatoms.